The minimum absolute atomic E-state index is 0.392. The molecule has 4 nitrogen and oxygen atoms in total. The third kappa shape index (κ3) is 0.894. The van der Waals surface area contributed by atoms with Gasteiger partial charge in [0.15, 0.2) is 0 Å². The van der Waals surface area contributed by atoms with Gasteiger partial charge in [-0.3, -0.25) is 5.21 Å². The Kier molecular flexibility index (Phi) is 1.34. The lowest BCUT2D eigenvalue weighted by Gasteiger charge is -2.20. The van der Waals surface area contributed by atoms with E-state index in [2.05, 4.69) is 5.32 Å². The number of urea groups is 1. The Morgan fingerprint density at radius 2 is 2.50 bits per heavy atom. The fourth-order valence-electron chi connectivity index (χ4n) is 0.617. The zero-order chi connectivity index (χ0) is 5.98. The molecule has 0 aromatic rings. The summed E-state index contributed by atoms with van der Waals surface area (Å²) in [4.78, 5) is 10.4. The summed E-state index contributed by atoms with van der Waals surface area (Å²) in [5.74, 6) is 0. The Morgan fingerprint density at radius 3 is 2.88 bits per heavy atom. The van der Waals surface area contributed by atoms with E-state index in [0.717, 1.165) is 6.42 Å². The molecule has 1 aliphatic rings. The van der Waals surface area contributed by atoms with Crippen molar-refractivity contribution in [1.29, 1.82) is 0 Å². The van der Waals surface area contributed by atoms with Gasteiger partial charge in [-0.05, 0) is 6.42 Å². The van der Waals surface area contributed by atoms with Crippen LogP contribution in [0.15, 0.2) is 0 Å². The van der Waals surface area contributed by atoms with Gasteiger partial charge in [-0.25, -0.2) is 9.86 Å². The topological polar surface area (TPSA) is 52.6 Å². The molecule has 2 amide bonds. The number of amides is 2. The molecule has 2 N–H and O–H groups in total. The number of hydroxylamine groups is 2. The van der Waals surface area contributed by atoms with Crippen LogP contribution in [0.25, 0.3) is 0 Å². The molecule has 0 radical (unpaired) electrons. The molecule has 0 spiro atoms. The molecule has 0 aromatic heterocycles. The van der Waals surface area contributed by atoms with E-state index >= 15 is 0 Å². The highest BCUT2D eigenvalue weighted by atomic mass is 16.5. The molecule has 4 heteroatoms. The lowest BCUT2D eigenvalue weighted by molar-refractivity contribution is -0.0511. The molecular formula is C4H8N2O2. The van der Waals surface area contributed by atoms with E-state index in [1.807, 2.05) is 0 Å². The molecule has 0 aromatic carbocycles. The van der Waals surface area contributed by atoms with Crippen LogP contribution in [0.5, 0.6) is 0 Å². The third-order valence-corrected chi connectivity index (χ3v) is 1.06. The molecule has 0 atom stereocenters. The zero-order valence-corrected chi connectivity index (χ0v) is 4.42. The maximum atomic E-state index is 10.4. The lowest BCUT2D eigenvalue weighted by Crippen LogP contribution is -2.44. The highest BCUT2D eigenvalue weighted by Gasteiger charge is 2.13. The van der Waals surface area contributed by atoms with Crippen molar-refractivity contribution in [2.45, 2.75) is 6.42 Å². The predicted molar refractivity (Wildman–Crippen MR) is 26.5 cm³/mol. The van der Waals surface area contributed by atoms with Gasteiger partial charge in [0.1, 0.15) is 0 Å². The second kappa shape index (κ2) is 2.00. The minimum Gasteiger partial charge on any atom is -0.336 e. The standard InChI is InChI=1S/C4H8N2O2/c7-4-5-2-1-3-6(4)8/h8H,1-3H2,(H,5,7). The van der Waals surface area contributed by atoms with Crippen molar-refractivity contribution < 1.29 is 10.0 Å². The second-order valence-corrected chi connectivity index (χ2v) is 1.71. The van der Waals surface area contributed by atoms with E-state index < -0.39 is 6.03 Å². The summed E-state index contributed by atoms with van der Waals surface area (Å²) < 4.78 is 0. The molecule has 0 bridgehead atoms. The van der Waals surface area contributed by atoms with Crippen LogP contribution in [0, 0.1) is 0 Å². The fraction of sp³-hybridized carbons (Fsp3) is 0.750. The van der Waals surface area contributed by atoms with Gasteiger partial charge in [0.2, 0.25) is 0 Å². The van der Waals surface area contributed by atoms with Crippen molar-refractivity contribution in [1.82, 2.24) is 10.4 Å². The van der Waals surface area contributed by atoms with Gasteiger partial charge >= 0.3 is 6.03 Å². The van der Waals surface area contributed by atoms with E-state index in [1.54, 1.807) is 0 Å². The maximum Gasteiger partial charge on any atom is 0.341 e. The fourth-order valence-corrected chi connectivity index (χ4v) is 0.617. The summed E-state index contributed by atoms with van der Waals surface area (Å²) >= 11 is 0. The number of hydrogen-bond acceptors (Lipinski definition) is 2. The molecule has 0 saturated carbocycles. The van der Waals surface area contributed by atoms with Crippen LogP contribution in [0.2, 0.25) is 0 Å². The van der Waals surface area contributed by atoms with Crippen LogP contribution < -0.4 is 5.32 Å². The highest BCUT2D eigenvalue weighted by Crippen LogP contribution is 1.92. The van der Waals surface area contributed by atoms with Gasteiger partial charge in [0, 0.05) is 6.54 Å². The summed E-state index contributed by atoms with van der Waals surface area (Å²) in [7, 11) is 0. The summed E-state index contributed by atoms with van der Waals surface area (Å²) in [6.45, 7) is 1.13. The van der Waals surface area contributed by atoms with Crippen LogP contribution in [-0.2, 0) is 0 Å². The highest BCUT2D eigenvalue weighted by molar-refractivity contribution is 5.73. The Hall–Kier alpha value is -0.770. The van der Waals surface area contributed by atoms with E-state index in [0.29, 0.717) is 18.2 Å². The van der Waals surface area contributed by atoms with Crippen LogP contribution in [-0.4, -0.2) is 29.4 Å². The largest absolute Gasteiger partial charge is 0.341 e. The lowest BCUT2D eigenvalue weighted by atomic mass is 10.4. The number of nitrogens with one attached hydrogen (secondary N) is 1. The summed E-state index contributed by atoms with van der Waals surface area (Å²) in [5.41, 5.74) is 0. The van der Waals surface area contributed by atoms with Crippen molar-refractivity contribution in [3.05, 3.63) is 0 Å². The van der Waals surface area contributed by atoms with Crippen molar-refractivity contribution in [3.8, 4) is 0 Å². The number of carbonyl (C=O) groups excluding carboxylic acids is 1. The molecule has 1 aliphatic heterocycles. The van der Waals surface area contributed by atoms with Crippen molar-refractivity contribution in [2.75, 3.05) is 13.1 Å². The van der Waals surface area contributed by atoms with E-state index in [4.69, 9.17) is 5.21 Å². The molecular weight excluding hydrogens is 108 g/mol. The normalized spacial score (nSPS) is 20.6. The SMILES string of the molecule is O=C1NCCCN1O. The monoisotopic (exact) mass is 116 g/mol. The minimum atomic E-state index is -0.392. The smallest absolute Gasteiger partial charge is 0.336 e. The Labute approximate surface area is 47.0 Å². The van der Waals surface area contributed by atoms with Crippen LogP contribution >= 0.6 is 0 Å². The predicted octanol–water partition coefficient (Wildman–Crippen LogP) is -0.209. The molecule has 0 unspecified atom stereocenters. The quantitative estimate of drug-likeness (QED) is 0.430. The molecule has 1 fully saturated rings. The summed E-state index contributed by atoms with van der Waals surface area (Å²) in [6.07, 6.45) is 0.822. The molecule has 46 valence electrons. The zero-order valence-electron chi connectivity index (χ0n) is 4.42. The van der Waals surface area contributed by atoms with E-state index in [-0.39, 0.29) is 0 Å². The molecule has 1 saturated heterocycles. The molecule has 1 rings (SSSR count). The van der Waals surface area contributed by atoms with Crippen molar-refractivity contribution >= 4 is 6.03 Å². The van der Waals surface area contributed by atoms with Gasteiger partial charge in [0.25, 0.3) is 0 Å². The summed E-state index contributed by atoms with van der Waals surface area (Å²) in [6, 6.07) is -0.392. The maximum absolute atomic E-state index is 10.4. The van der Waals surface area contributed by atoms with Crippen molar-refractivity contribution in [2.24, 2.45) is 0 Å². The van der Waals surface area contributed by atoms with Gasteiger partial charge < -0.3 is 5.32 Å². The number of carbonyl (C=O) groups is 1. The molecule has 8 heavy (non-hydrogen) atoms. The van der Waals surface area contributed by atoms with Gasteiger partial charge in [0.05, 0.1) is 6.54 Å². The van der Waals surface area contributed by atoms with Gasteiger partial charge in [-0.2, -0.15) is 0 Å². The average Bonchev–Trinajstić information content (AvgIpc) is 1.77. The Morgan fingerprint density at radius 1 is 1.75 bits per heavy atom. The summed E-state index contributed by atoms with van der Waals surface area (Å²) in [5, 5.41) is 11.8. The Bertz CT molecular complexity index is 104. The van der Waals surface area contributed by atoms with Crippen LogP contribution in [0.1, 0.15) is 6.42 Å². The first-order valence-electron chi connectivity index (χ1n) is 2.55. The first kappa shape index (κ1) is 5.37. The van der Waals surface area contributed by atoms with E-state index in [1.165, 1.54) is 0 Å². The van der Waals surface area contributed by atoms with Crippen LogP contribution in [0.4, 0.5) is 4.79 Å². The van der Waals surface area contributed by atoms with Crippen LogP contribution in [0.3, 0.4) is 0 Å². The van der Waals surface area contributed by atoms with Gasteiger partial charge in [-0.1, -0.05) is 0 Å². The van der Waals surface area contributed by atoms with Crippen molar-refractivity contribution in [3.63, 3.8) is 0 Å². The van der Waals surface area contributed by atoms with E-state index in [9.17, 15) is 4.79 Å². The molecule has 0 aliphatic carbocycles. The third-order valence-electron chi connectivity index (χ3n) is 1.06. The second-order valence-electron chi connectivity index (χ2n) is 1.71. The molecule has 1 heterocycles. The Balaban J connectivity index is 2.39. The first-order chi connectivity index (χ1) is 3.80. The number of rotatable bonds is 0. The average molecular weight is 116 g/mol. The number of nitrogens with zero attached hydrogens (tertiary/aromatic N) is 1. The first-order valence-corrected chi connectivity index (χ1v) is 2.55. The number of hydrogen-bond donors (Lipinski definition) is 2. The van der Waals surface area contributed by atoms with Gasteiger partial charge in [-0.15, -0.1) is 0 Å².